The van der Waals surface area contributed by atoms with Crippen molar-refractivity contribution in [3.8, 4) is 11.8 Å². The summed E-state index contributed by atoms with van der Waals surface area (Å²) in [5.41, 5.74) is 7.67. The lowest BCUT2D eigenvalue weighted by atomic mass is 10.1. The van der Waals surface area contributed by atoms with Crippen molar-refractivity contribution >= 4 is 6.29 Å². The number of hydrogen-bond acceptors (Lipinski definition) is 9. The molecule has 4 fully saturated rings. The van der Waals surface area contributed by atoms with Crippen molar-refractivity contribution in [1.82, 2.24) is 30.0 Å². The smallest absolute Gasteiger partial charge is 0.213 e. The third kappa shape index (κ3) is 11.4. The normalized spacial score (nSPS) is 20.4. The number of fused-ring (bicyclic) bond motifs is 2. The summed E-state index contributed by atoms with van der Waals surface area (Å²) in [5, 5.41) is 3.29. The number of ether oxygens (including phenoxy) is 2. The number of aromatic nitrogens is 2. The van der Waals surface area contributed by atoms with E-state index in [4.69, 9.17) is 9.47 Å². The van der Waals surface area contributed by atoms with Gasteiger partial charge >= 0.3 is 0 Å². The lowest BCUT2D eigenvalue weighted by Gasteiger charge is -2.31. The molecular weight excluding hydrogens is 685 g/mol. The molecule has 0 atom stereocenters. The van der Waals surface area contributed by atoms with Crippen molar-refractivity contribution in [2.24, 2.45) is 11.8 Å². The van der Waals surface area contributed by atoms with E-state index in [0.717, 1.165) is 95.5 Å². The molecule has 0 bridgehead atoms. The molecule has 4 aromatic rings. The van der Waals surface area contributed by atoms with Gasteiger partial charge in [0.2, 0.25) is 11.8 Å². The lowest BCUT2D eigenvalue weighted by Crippen LogP contribution is -2.39. The molecule has 2 aromatic heterocycles. The molecule has 0 radical (unpaired) electrons. The first-order valence-electron chi connectivity index (χ1n) is 20.8. The van der Waals surface area contributed by atoms with Gasteiger partial charge in [0, 0.05) is 102 Å². The van der Waals surface area contributed by atoms with E-state index in [9.17, 15) is 4.79 Å². The minimum Gasteiger partial charge on any atom is -0.474 e. The van der Waals surface area contributed by atoms with Crippen LogP contribution in [0.4, 0.5) is 0 Å². The standard InChI is InChI=1S/C23H29N3O.C15H20N2O2.C8H9N/c1-2-4-21-17-26(16-20(21)3-1)15-19-7-8-23(24-13-19)27-22-9-11-25(12-10-22)14-18-5-6-18;18-11-13-3-4-15(16-9-13)19-14-5-7-17(8-6-14)10-12-1-2-12;1-2-4-8-6-9-5-7(8)3-1/h1-4,7-8,13,18,22H,5-6,9-12,14-17H2;3-4,9,11-12,14H,1-2,5-8,10H2;1-4,9H,5-6H2. The van der Waals surface area contributed by atoms with Crippen LogP contribution >= 0.6 is 0 Å². The average molecular weight is 743 g/mol. The molecule has 1 N–H and O–H groups in total. The second-order valence-corrected chi connectivity index (χ2v) is 16.5. The van der Waals surface area contributed by atoms with Crippen molar-refractivity contribution in [3.63, 3.8) is 0 Å². The summed E-state index contributed by atoms with van der Waals surface area (Å²) in [4.78, 5) is 26.9. The van der Waals surface area contributed by atoms with Gasteiger partial charge in [-0.2, -0.15) is 0 Å². The minimum atomic E-state index is 0.269. The first kappa shape index (κ1) is 37.8. The zero-order chi connectivity index (χ0) is 37.2. The maximum Gasteiger partial charge on any atom is 0.213 e. The molecule has 2 aliphatic carbocycles. The topological polar surface area (TPSA) is 83.1 Å². The molecule has 10 rings (SSSR count). The number of hydrogen-bond donors (Lipinski definition) is 1. The van der Waals surface area contributed by atoms with Crippen LogP contribution < -0.4 is 14.8 Å². The van der Waals surface area contributed by atoms with Crippen LogP contribution in [-0.4, -0.2) is 82.4 Å². The number of likely N-dealkylation sites (tertiary alicyclic amines) is 2. The highest BCUT2D eigenvalue weighted by atomic mass is 16.5. The minimum absolute atomic E-state index is 0.269. The Morgan fingerprint density at radius 2 is 1.07 bits per heavy atom. The molecule has 2 saturated carbocycles. The van der Waals surface area contributed by atoms with Gasteiger partial charge in [0.1, 0.15) is 12.2 Å². The largest absolute Gasteiger partial charge is 0.474 e. The van der Waals surface area contributed by atoms with E-state index >= 15 is 0 Å². The molecule has 4 aliphatic heterocycles. The Kier molecular flexibility index (Phi) is 12.8. The Morgan fingerprint density at radius 3 is 1.51 bits per heavy atom. The van der Waals surface area contributed by atoms with Gasteiger partial charge in [-0.15, -0.1) is 0 Å². The predicted octanol–water partition coefficient (Wildman–Crippen LogP) is 7.29. The fraction of sp³-hybridized carbons (Fsp3) is 0.500. The van der Waals surface area contributed by atoms with Crippen molar-refractivity contribution in [1.29, 1.82) is 0 Å². The molecule has 0 unspecified atom stereocenters. The molecule has 9 nitrogen and oxygen atoms in total. The van der Waals surface area contributed by atoms with Gasteiger partial charge < -0.3 is 24.6 Å². The van der Waals surface area contributed by atoms with Crippen LogP contribution in [0.3, 0.4) is 0 Å². The van der Waals surface area contributed by atoms with Gasteiger partial charge in [-0.3, -0.25) is 9.69 Å². The van der Waals surface area contributed by atoms with Crippen LogP contribution in [0.5, 0.6) is 11.8 Å². The zero-order valence-electron chi connectivity index (χ0n) is 32.4. The van der Waals surface area contributed by atoms with E-state index in [1.54, 1.807) is 18.3 Å². The molecule has 0 spiro atoms. The van der Waals surface area contributed by atoms with Crippen LogP contribution in [0.1, 0.15) is 89.5 Å². The molecule has 290 valence electrons. The number of carbonyl (C=O) groups is 1. The van der Waals surface area contributed by atoms with E-state index in [1.807, 2.05) is 6.20 Å². The first-order valence-corrected chi connectivity index (χ1v) is 20.8. The van der Waals surface area contributed by atoms with Crippen LogP contribution in [0.2, 0.25) is 0 Å². The van der Waals surface area contributed by atoms with Gasteiger partial charge in [0.25, 0.3) is 0 Å². The van der Waals surface area contributed by atoms with Crippen molar-refractivity contribution in [3.05, 3.63) is 119 Å². The third-order valence-corrected chi connectivity index (χ3v) is 11.8. The van der Waals surface area contributed by atoms with E-state index in [-0.39, 0.29) is 6.10 Å². The molecule has 9 heteroatoms. The van der Waals surface area contributed by atoms with E-state index in [2.05, 4.69) is 90.6 Å². The maximum atomic E-state index is 10.6. The average Bonchev–Trinajstić information content (AvgIpc) is 4.14. The van der Waals surface area contributed by atoms with Crippen LogP contribution in [-0.2, 0) is 32.7 Å². The Bertz CT molecular complexity index is 1750. The number of pyridine rings is 2. The van der Waals surface area contributed by atoms with Crippen LogP contribution in [0.15, 0.2) is 85.2 Å². The summed E-state index contributed by atoms with van der Waals surface area (Å²) < 4.78 is 12.0. The number of aldehydes is 1. The third-order valence-electron chi connectivity index (χ3n) is 11.8. The summed E-state index contributed by atoms with van der Waals surface area (Å²) in [6, 6.07) is 25.0. The van der Waals surface area contributed by atoms with Crippen LogP contribution in [0.25, 0.3) is 0 Å². The van der Waals surface area contributed by atoms with Gasteiger partial charge in [0.15, 0.2) is 6.29 Å². The second-order valence-electron chi connectivity index (χ2n) is 16.5. The molecular formula is C46H58N6O3. The number of benzene rings is 2. The van der Waals surface area contributed by atoms with Crippen molar-refractivity contribution in [2.75, 3.05) is 39.3 Å². The molecule has 0 amide bonds. The van der Waals surface area contributed by atoms with Gasteiger partial charge in [-0.1, -0.05) is 54.6 Å². The Hall–Kier alpha value is -4.15. The Labute approximate surface area is 327 Å². The Balaban J connectivity index is 0.000000131. The fourth-order valence-corrected chi connectivity index (χ4v) is 8.21. The second kappa shape index (κ2) is 18.7. The monoisotopic (exact) mass is 742 g/mol. The highest BCUT2D eigenvalue weighted by Gasteiger charge is 2.29. The summed E-state index contributed by atoms with van der Waals surface area (Å²) in [5.74, 6) is 3.37. The van der Waals surface area contributed by atoms with E-state index in [0.29, 0.717) is 17.5 Å². The fourth-order valence-electron chi connectivity index (χ4n) is 8.21. The number of nitrogens with one attached hydrogen (secondary N) is 1. The van der Waals surface area contributed by atoms with Crippen LogP contribution in [0, 0.1) is 11.8 Å². The molecule has 2 saturated heterocycles. The highest BCUT2D eigenvalue weighted by Crippen LogP contribution is 2.32. The summed E-state index contributed by atoms with van der Waals surface area (Å²) in [6.07, 6.45) is 15.1. The number of nitrogens with zero attached hydrogens (tertiary/aromatic N) is 5. The number of piperidine rings is 2. The molecule has 6 aliphatic rings. The summed E-state index contributed by atoms with van der Waals surface area (Å²) in [6.45, 7) is 12.3. The van der Waals surface area contributed by atoms with Crippen molar-refractivity contribution < 1.29 is 14.3 Å². The van der Waals surface area contributed by atoms with E-state index < -0.39 is 0 Å². The van der Waals surface area contributed by atoms with Crippen molar-refractivity contribution in [2.45, 2.75) is 96.3 Å². The quantitative estimate of drug-likeness (QED) is 0.160. The Morgan fingerprint density at radius 1 is 0.582 bits per heavy atom. The molecule has 6 heterocycles. The number of rotatable bonds is 11. The zero-order valence-corrected chi connectivity index (χ0v) is 32.4. The predicted molar refractivity (Wildman–Crippen MR) is 216 cm³/mol. The van der Waals surface area contributed by atoms with Gasteiger partial charge in [-0.25, -0.2) is 9.97 Å². The summed E-state index contributed by atoms with van der Waals surface area (Å²) >= 11 is 0. The van der Waals surface area contributed by atoms with Gasteiger partial charge in [0.05, 0.1) is 0 Å². The molecule has 55 heavy (non-hydrogen) atoms. The molecule has 2 aromatic carbocycles. The lowest BCUT2D eigenvalue weighted by molar-refractivity contribution is 0.0942. The summed E-state index contributed by atoms with van der Waals surface area (Å²) in [7, 11) is 0. The highest BCUT2D eigenvalue weighted by molar-refractivity contribution is 5.74. The SMILES string of the molecule is O=Cc1ccc(OC2CCN(CC3CC3)CC2)nc1.c1ccc2c(c1)CN(Cc1ccc(OC3CCN(CC4CC4)CC3)nc1)C2.c1ccc2c(c1)CNC2. The number of carbonyl (C=O) groups excluding carboxylic acids is 1. The maximum absolute atomic E-state index is 10.6. The van der Waals surface area contributed by atoms with Gasteiger partial charge in [-0.05, 0) is 97.1 Å². The first-order chi connectivity index (χ1) is 27.1. The van der Waals surface area contributed by atoms with E-state index in [1.165, 1.54) is 79.7 Å².